The van der Waals surface area contributed by atoms with Gasteiger partial charge in [0.2, 0.25) is 5.95 Å². The van der Waals surface area contributed by atoms with Crippen molar-refractivity contribution in [3.8, 4) is 5.75 Å². The highest BCUT2D eigenvalue weighted by Crippen LogP contribution is 2.23. The molecule has 0 radical (unpaired) electrons. The van der Waals surface area contributed by atoms with Gasteiger partial charge in [-0.2, -0.15) is 0 Å². The normalized spacial score (nSPS) is 13.2. The van der Waals surface area contributed by atoms with E-state index in [1.54, 1.807) is 6.20 Å². The molecule has 0 saturated heterocycles. The number of hydrogen-bond acceptors (Lipinski definition) is 6. The maximum absolute atomic E-state index is 12.6. The monoisotopic (exact) mass is 363 g/mol. The number of nitrogens with zero attached hydrogens (tertiary/aromatic N) is 3. The van der Waals surface area contributed by atoms with Crippen LogP contribution in [-0.4, -0.2) is 34.0 Å². The number of para-hydroxylation sites is 1. The van der Waals surface area contributed by atoms with Crippen LogP contribution in [0.5, 0.6) is 5.75 Å². The Morgan fingerprint density at radius 2 is 2.00 bits per heavy atom. The Balaban J connectivity index is 1.40. The van der Waals surface area contributed by atoms with Crippen LogP contribution in [0.3, 0.4) is 0 Å². The van der Waals surface area contributed by atoms with Crippen molar-refractivity contribution in [1.29, 1.82) is 0 Å². The lowest BCUT2D eigenvalue weighted by molar-refractivity contribution is 0.0940. The molecule has 2 aromatic heterocycles. The minimum Gasteiger partial charge on any atom is -0.489 e. The Labute approximate surface area is 157 Å². The Kier molecular flexibility index (Phi) is 4.82. The second-order valence-corrected chi connectivity index (χ2v) is 6.50. The molecule has 7 heteroatoms. The van der Waals surface area contributed by atoms with Gasteiger partial charge in [0, 0.05) is 22.8 Å². The molecule has 0 saturated carbocycles. The number of nitrogens with one attached hydrogen (secondary N) is 1. The number of fused-ring (bicyclic) bond motifs is 2. The summed E-state index contributed by atoms with van der Waals surface area (Å²) in [6.45, 7) is 0.699. The molecular formula is C20H21N5O2. The lowest BCUT2D eigenvalue weighted by Crippen LogP contribution is -2.31. The molecule has 138 valence electrons. The number of aromatic nitrogens is 3. The van der Waals surface area contributed by atoms with Crippen molar-refractivity contribution in [3.05, 3.63) is 53.5 Å². The first-order valence-electron chi connectivity index (χ1n) is 9.12. The minimum absolute atomic E-state index is 0.152. The molecule has 4 rings (SSSR count). The van der Waals surface area contributed by atoms with Crippen molar-refractivity contribution < 1.29 is 9.53 Å². The maximum atomic E-state index is 12.6. The molecule has 1 aliphatic carbocycles. The number of carbonyl (C=O) groups is 1. The van der Waals surface area contributed by atoms with Gasteiger partial charge in [0.25, 0.3) is 5.91 Å². The molecule has 0 aliphatic heterocycles. The summed E-state index contributed by atoms with van der Waals surface area (Å²) in [4.78, 5) is 25.4. The zero-order valence-electron chi connectivity index (χ0n) is 14.9. The predicted molar refractivity (Wildman–Crippen MR) is 103 cm³/mol. The van der Waals surface area contributed by atoms with Crippen LogP contribution in [0.25, 0.3) is 10.9 Å². The van der Waals surface area contributed by atoms with Crippen molar-refractivity contribution in [2.45, 2.75) is 25.7 Å². The average molecular weight is 363 g/mol. The largest absolute Gasteiger partial charge is 0.489 e. The molecule has 1 amide bonds. The molecular weight excluding hydrogens is 342 g/mol. The van der Waals surface area contributed by atoms with E-state index >= 15 is 0 Å². The number of pyridine rings is 1. The summed E-state index contributed by atoms with van der Waals surface area (Å²) in [5.41, 5.74) is 8.80. The second-order valence-electron chi connectivity index (χ2n) is 6.50. The molecule has 0 spiro atoms. The van der Waals surface area contributed by atoms with Crippen molar-refractivity contribution in [2.75, 3.05) is 18.9 Å². The molecule has 7 nitrogen and oxygen atoms in total. The highest BCUT2D eigenvalue weighted by Gasteiger charge is 2.21. The summed E-state index contributed by atoms with van der Waals surface area (Å²) in [6.07, 6.45) is 5.50. The number of nitrogens with two attached hydrogens (primary N) is 1. The standard InChI is InChI=1S/C20H21N5O2/c21-20-24-15-8-2-1-7-14(15)18(25-20)19(26)23-11-12-27-16-9-3-5-13-6-4-10-22-17(13)16/h3-6,9-10H,1-2,7-8,11-12H2,(H,23,26)(H2,21,24,25). The summed E-state index contributed by atoms with van der Waals surface area (Å²) in [7, 11) is 0. The third-order valence-electron chi connectivity index (χ3n) is 4.66. The van der Waals surface area contributed by atoms with Gasteiger partial charge in [-0.15, -0.1) is 0 Å². The molecule has 0 fully saturated rings. The van der Waals surface area contributed by atoms with Crippen LogP contribution in [0.15, 0.2) is 36.5 Å². The van der Waals surface area contributed by atoms with Gasteiger partial charge < -0.3 is 15.8 Å². The molecule has 2 heterocycles. The van der Waals surface area contributed by atoms with E-state index in [2.05, 4.69) is 20.3 Å². The quantitative estimate of drug-likeness (QED) is 0.674. The molecule has 27 heavy (non-hydrogen) atoms. The zero-order valence-corrected chi connectivity index (χ0v) is 14.9. The summed E-state index contributed by atoms with van der Waals surface area (Å²) in [6, 6.07) is 9.66. The Hall–Kier alpha value is -3.22. The average Bonchev–Trinajstić information content (AvgIpc) is 2.70. The fourth-order valence-electron chi connectivity index (χ4n) is 3.40. The fourth-order valence-corrected chi connectivity index (χ4v) is 3.40. The number of nitrogen functional groups attached to an aromatic ring is 1. The summed E-state index contributed by atoms with van der Waals surface area (Å²) in [5.74, 6) is 0.617. The molecule has 0 atom stereocenters. The summed E-state index contributed by atoms with van der Waals surface area (Å²) < 4.78 is 5.81. The molecule has 0 bridgehead atoms. The SMILES string of the molecule is Nc1nc2c(c(C(=O)NCCOc3cccc4cccnc34)n1)CCCC2. The lowest BCUT2D eigenvalue weighted by Gasteiger charge is -2.18. The van der Waals surface area contributed by atoms with Crippen LogP contribution < -0.4 is 15.8 Å². The molecule has 3 aromatic rings. The van der Waals surface area contributed by atoms with Crippen LogP contribution in [0.2, 0.25) is 0 Å². The second kappa shape index (κ2) is 7.57. The minimum atomic E-state index is -0.234. The van der Waals surface area contributed by atoms with E-state index in [-0.39, 0.29) is 11.9 Å². The van der Waals surface area contributed by atoms with Crippen LogP contribution in [0.1, 0.15) is 34.6 Å². The van der Waals surface area contributed by atoms with E-state index < -0.39 is 0 Å². The predicted octanol–water partition coefficient (Wildman–Crippen LogP) is 2.29. The molecule has 1 aliphatic rings. The number of rotatable bonds is 5. The highest BCUT2D eigenvalue weighted by molar-refractivity contribution is 5.94. The highest BCUT2D eigenvalue weighted by atomic mass is 16.5. The van der Waals surface area contributed by atoms with Gasteiger partial charge in [-0.1, -0.05) is 18.2 Å². The van der Waals surface area contributed by atoms with Crippen LogP contribution in [0, 0.1) is 0 Å². The van der Waals surface area contributed by atoms with Gasteiger partial charge in [-0.05, 0) is 37.8 Å². The van der Waals surface area contributed by atoms with Gasteiger partial charge >= 0.3 is 0 Å². The van der Waals surface area contributed by atoms with Crippen LogP contribution in [0.4, 0.5) is 5.95 Å². The molecule has 3 N–H and O–H groups in total. The first-order valence-corrected chi connectivity index (χ1v) is 9.12. The van der Waals surface area contributed by atoms with E-state index in [4.69, 9.17) is 10.5 Å². The van der Waals surface area contributed by atoms with E-state index in [9.17, 15) is 4.79 Å². The first-order chi connectivity index (χ1) is 13.2. The number of hydrogen-bond donors (Lipinski definition) is 2. The van der Waals surface area contributed by atoms with E-state index in [1.807, 2.05) is 30.3 Å². The third kappa shape index (κ3) is 3.67. The van der Waals surface area contributed by atoms with E-state index in [0.717, 1.165) is 47.8 Å². The van der Waals surface area contributed by atoms with Crippen LogP contribution in [-0.2, 0) is 12.8 Å². The van der Waals surface area contributed by atoms with E-state index in [0.29, 0.717) is 24.6 Å². The van der Waals surface area contributed by atoms with Crippen molar-refractivity contribution in [1.82, 2.24) is 20.3 Å². The van der Waals surface area contributed by atoms with Gasteiger partial charge in [0.05, 0.1) is 6.54 Å². The van der Waals surface area contributed by atoms with Gasteiger partial charge in [0.1, 0.15) is 23.6 Å². The number of aryl methyl sites for hydroxylation is 1. The third-order valence-corrected chi connectivity index (χ3v) is 4.66. The van der Waals surface area contributed by atoms with E-state index in [1.165, 1.54) is 0 Å². The summed E-state index contributed by atoms with van der Waals surface area (Å²) >= 11 is 0. The Morgan fingerprint density at radius 3 is 2.93 bits per heavy atom. The summed E-state index contributed by atoms with van der Waals surface area (Å²) in [5, 5.41) is 3.88. The topological polar surface area (TPSA) is 103 Å². The number of anilines is 1. The van der Waals surface area contributed by atoms with Crippen molar-refractivity contribution in [2.24, 2.45) is 0 Å². The van der Waals surface area contributed by atoms with Gasteiger partial charge in [-0.3, -0.25) is 9.78 Å². The number of carbonyl (C=O) groups excluding carboxylic acids is 1. The van der Waals surface area contributed by atoms with Crippen molar-refractivity contribution in [3.63, 3.8) is 0 Å². The molecule has 0 unspecified atom stereocenters. The first kappa shape index (κ1) is 17.2. The van der Waals surface area contributed by atoms with Gasteiger partial charge in [0.15, 0.2) is 0 Å². The smallest absolute Gasteiger partial charge is 0.270 e. The number of benzene rings is 1. The number of amides is 1. The lowest BCUT2D eigenvalue weighted by atomic mass is 9.94. The van der Waals surface area contributed by atoms with Crippen LogP contribution >= 0.6 is 0 Å². The van der Waals surface area contributed by atoms with Gasteiger partial charge in [-0.25, -0.2) is 9.97 Å². The Bertz CT molecular complexity index is 984. The molecule has 1 aromatic carbocycles. The van der Waals surface area contributed by atoms with Crippen molar-refractivity contribution >= 4 is 22.8 Å². The number of ether oxygens (including phenoxy) is 1. The zero-order chi connectivity index (χ0) is 18.6. The maximum Gasteiger partial charge on any atom is 0.270 e. The fraction of sp³-hybridized carbons (Fsp3) is 0.300. The Morgan fingerprint density at radius 1 is 1.15 bits per heavy atom.